The fraction of sp³-hybridized carbons (Fsp3) is 0.294. The Bertz CT molecular complexity index is 626. The molecule has 0 saturated heterocycles. The molecule has 0 aliphatic rings. The number of nitrogens with two attached hydrogens (primary N) is 1. The Morgan fingerprint density at radius 3 is 2.48 bits per heavy atom. The van der Waals surface area contributed by atoms with Crippen LogP contribution in [0, 0.1) is 6.92 Å². The van der Waals surface area contributed by atoms with E-state index in [1.54, 1.807) is 13.2 Å². The van der Waals surface area contributed by atoms with Crippen molar-refractivity contribution in [2.24, 2.45) is 5.73 Å². The topological polar surface area (TPSA) is 44.5 Å². The zero-order chi connectivity index (χ0) is 15.4. The first-order valence-corrected chi connectivity index (χ1v) is 7.20. The molecule has 0 aliphatic carbocycles. The number of ether oxygens (including phenoxy) is 2. The van der Waals surface area contributed by atoms with E-state index in [0.717, 1.165) is 28.2 Å². The van der Waals surface area contributed by atoms with E-state index in [4.69, 9.17) is 26.8 Å². The fourth-order valence-corrected chi connectivity index (χ4v) is 2.33. The average Bonchev–Trinajstić information content (AvgIpc) is 2.46. The van der Waals surface area contributed by atoms with E-state index in [-0.39, 0.29) is 6.04 Å². The molecule has 0 spiro atoms. The van der Waals surface area contributed by atoms with E-state index in [0.29, 0.717) is 11.6 Å². The van der Waals surface area contributed by atoms with Crippen LogP contribution >= 0.6 is 11.6 Å². The molecule has 0 saturated carbocycles. The molecule has 2 aromatic rings. The highest BCUT2D eigenvalue weighted by atomic mass is 35.5. The highest BCUT2D eigenvalue weighted by molar-refractivity contribution is 6.30. The standard InChI is InChI=1S/C17H20ClNO2/c1-11-8-13(12(2)19)4-6-16(11)21-10-14-9-15(18)5-7-17(14)20-3/h4-9,12H,10,19H2,1-3H3. The van der Waals surface area contributed by atoms with E-state index in [9.17, 15) is 0 Å². The van der Waals surface area contributed by atoms with Crippen LogP contribution in [0.2, 0.25) is 5.02 Å². The van der Waals surface area contributed by atoms with Gasteiger partial charge in [0.2, 0.25) is 0 Å². The fourth-order valence-electron chi connectivity index (χ4n) is 2.13. The number of hydrogen-bond donors (Lipinski definition) is 1. The Hall–Kier alpha value is -1.71. The highest BCUT2D eigenvalue weighted by Crippen LogP contribution is 2.26. The summed E-state index contributed by atoms with van der Waals surface area (Å²) >= 11 is 6.02. The van der Waals surface area contributed by atoms with Gasteiger partial charge in [0.15, 0.2) is 0 Å². The summed E-state index contributed by atoms with van der Waals surface area (Å²) in [5.41, 5.74) is 8.96. The van der Waals surface area contributed by atoms with Crippen LogP contribution in [0.5, 0.6) is 11.5 Å². The van der Waals surface area contributed by atoms with Gasteiger partial charge in [0.05, 0.1) is 7.11 Å². The average molecular weight is 306 g/mol. The normalized spacial score (nSPS) is 12.0. The van der Waals surface area contributed by atoms with Gasteiger partial charge in [-0.1, -0.05) is 23.7 Å². The second kappa shape index (κ2) is 6.83. The van der Waals surface area contributed by atoms with Gasteiger partial charge in [0.1, 0.15) is 18.1 Å². The van der Waals surface area contributed by atoms with Crippen LogP contribution in [0.4, 0.5) is 0 Å². The monoisotopic (exact) mass is 305 g/mol. The van der Waals surface area contributed by atoms with Crippen LogP contribution in [0.3, 0.4) is 0 Å². The molecule has 3 nitrogen and oxygen atoms in total. The highest BCUT2D eigenvalue weighted by Gasteiger charge is 2.08. The molecular weight excluding hydrogens is 286 g/mol. The minimum Gasteiger partial charge on any atom is -0.496 e. The third-order valence-corrected chi connectivity index (χ3v) is 3.59. The second-order valence-corrected chi connectivity index (χ2v) is 5.49. The number of rotatable bonds is 5. The lowest BCUT2D eigenvalue weighted by Gasteiger charge is -2.14. The van der Waals surface area contributed by atoms with Crippen LogP contribution in [0.1, 0.15) is 29.7 Å². The molecule has 21 heavy (non-hydrogen) atoms. The zero-order valence-corrected chi connectivity index (χ0v) is 13.3. The summed E-state index contributed by atoms with van der Waals surface area (Å²) in [5, 5.41) is 0.665. The first kappa shape index (κ1) is 15.7. The molecule has 1 unspecified atom stereocenters. The lowest BCUT2D eigenvalue weighted by atomic mass is 10.1. The maximum Gasteiger partial charge on any atom is 0.125 e. The first-order chi connectivity index (χ1) is 10.0. The number of methoxy groups -OCH3 is 1. The molecule has 0 aliphatic heterocycles. The van der Waals surface area contributed by atoms with Crippen molar-refractivity contribution in [3.63, 3.8) is 0 Å². The predicted molar refractivity (Wildman–Crippen MR) is 86.1 cm³/mol. The van der Waals surface area contributed by atoms with E-state index in [1.165, 1.54) is 0 Å². The van der Waals surface area contributed by atoms with Crippen molar-refractivity contribution in [1.29, 1.82) is 0 Å². The maximum absolute atomic E-state index is 6.02. The summed E-state index contributed by atoms with van der Waals surface area (Å²) in [6.07, 6.45) is 0. The molecule has 0 amide bonds. The van der Waals surface area contributed by atoms with Crippen molar-refractivity contribution >= 4 is 11.6 Å². The summed E-state index contributed by atoms with van der Waals surface area (Å²) in [5.74, 6) is 1.60. The minimum atomic E-state index is 0.0192. The van der Waals surface area contributed by atoms with Crippen LogP contribution in [0.25, 0.3) is 0 Å². The second-order valence-electron chi connectivity index (χ2n) is 5.06. The Morgan fingerprint density at radius 1 is 1.14 bits per heavy atom. The van der Waals surface area contributed by atoms with E-state index in [1.807, 2.05) is 38.1 Å². The largest absolute Gasteiger partial charge is 0.496 e. The van der Waals surface area contributed by atoms with Crippen LogP contribution in [-0.2, 0) is 6.61 Å². The van der Waals surface area contributed by atoms with Crippen LogP contribution < -0.4 is 15.2 Å². The summed E-state index contributed by atoms with van der Waals surface area (Å²) in [6.45, 7) is 4.38. The van der Waals surface area contributed by atoms with Crippen molar-refractivity contribution in [3.8, 4) is 11.5 Å². The van der Waals surface area contributed by atoms with Crippen molar-refractivity contribution in [3.05, 3.63) is 58.1 Å². The predicted octanol–water partition coefficient (Wildman–Crippen LogP) is 4.26. The molecule has 0 radical (unpaired) electrons. The van der Waals surface area contributed by atoms with Gasteiger partial charge in [-0.05, 0) is 49.2 Å². The van der Waals surface area contributed by atoms with Gasteiger partial charge in [0, 0.05) is 16.6 Å². The van der Waals surface area contributed by atoms with E-state index >= 15 is 0 Å². The molecule has 2 aromatic carbocycles. The quantitative estimate of drug-likeness (QED) is 0.898. The Balaban J connectivity index is 2.15. The first-order valence-electron chi connectivity index (χ1n) is 6.82. The van der Waals surface area contributed by atoms with Crippen molar-refractivity contribution in [1.82, 2.24) is 0 Å². The molecule has 1 atom stereocenters. The number of benzene rings is 2. The Kier molecular flexibility index (Phi) is 5.10. The van der Waals surface area contributed by atoms with Crippen LogP contribution in [-0.4, -0.2) is 7.11 Å². The van der Waals surface area contributed by atoms with Crippen molar-refractivity contribution in [2.45, 2.75) is 26.5 Å². The molecule has 0 bridgehead atoms. The van der Waals surface area contributed by atoms with Gasteiger partial charge in [-0.2, -0.15) is 0 Å². The number of halogens is 1. The molecule has 4 heteroatoms. The summed E-state index contributed by atoms with van der Waals surface area (Å²) < 4.78 is 11.2. The van der Waals surface area contributed by atoms with E-state index in [2.05, 4.69) is 6.07 Å². The maximum atomic E-state index is 6.02. The van der Waals surface area contributed by atoms with Gasteiger partial charge < -0.3 is 15.2 Å². The number of hydrogen-bond acceptors (Lipinski definition) is 3. The molecule has 112 valence electrons. The molecule has 0 heterocycles. The zero-order valence-electron chi connectivity index (χ0n) is 12.5. The van der Waals surface area contributed by atoms with Gasteiger partial charge in [-0.25, -0.2) is 0 Å². The summed E-state index contributed by atoms with van der Waals surface area (Å²) in [6, 6.07) is 11.5. The lowest BCUT2D eigenvalue weighted by Crippen LogP contribution is -2.06. The molecule has 0 fully saturated rings. The molecule has 2 rings (SSSR count). The molecule has 0 aromatic heterocycles. The van der Waals surface area contributed by atoms with E-state index < -0.39 is 0 Å². The Morgan fingerprint density at radius 2 is 1.86 bits per heavy atom. The summed E-state index contributed by atoms with van der Waals surface area (Å²) in [7, 11) is 1.63. The van der Waals surface area contributed by atoms with Crippen molar-refractivity contribution in [2.75, 3.05) is 7.11 Å². The third-order valence-electron chi connectivity index (χ3n) is 3.35. The summed E-state index contributed by atoms with van der Waals surface area (Å²) in [4.78, 5) is 0. The third kappa shape index (κ3) is 3.90. The van der Waals surface area contributed by atoms with Gasteiger partial charge in [0.25, 0.3) is 0 Å². The molecule has 2 N–H and O–H groups in total. The van der Waals surface area contributed by atoms with Gasteiger partial charge in [-0.3, -0.25) is 0 Å². The van der Waals surface area contributed by atoms with Crippen molar-refractivity contribution < 1.29 is 9.47 Å². The smallest absolute Gasteiger partial charge is 0.125 e. The number of aryl methyl sites for hydroxylation is 1. The van der Waals surface area contributed by atoms with Gasteiger partial charge in [-0.15, -0.1) is 0 Å². The van der Waals surface area contributed by atoms with Gasteiger partial charge >= 0.3 is 0 Å². The SMILES string of the molecule is COc1ccc(Cl)cc1COc1ccc(C(C)N)cc1C. The lowest BCUT2D eigenvalue weighted by molar-refractivity contribution is 0.294. The van der Waals surface area contributed by atoms with Crippen LogP contribution in [0.15, 0.2) is 36.4 Å². The minimum absolute atomic E-state index is 0.0192. The molecular formula is C17H20ClNO2. The Labute approximate surface area is 130 Å².